The van der Waals surface area contributed by atoms with E-state index in [4.69, 9.17) is 28.3 Å². The van der Waals surface area contributed by atoms with Crippen molar-refractivity contribution in [1.82, 2.24) is 0 Å². The van der Waals surface area contributed by atoms with Crippen molar-refractivity contribution in [3.05, 3.63) is 82.1 Å². The molecule has 0 aliphatic heterocycles. The average Bonchev–Trinajstić information content (AvgIpc) is 3.13. The number of carbonyl (C=O) groups is 1. The van der Waals surface area contributed by atoms with Crippen molar-refractivity contribution in [3.8, 4) is 0 Å². The first-order valence-electron chi connectivity index (χ1n) is 10.7. The zero-order valence-corrected chi connectivity index (χ0v) is 18.7. The monoisotopic (exact) mass is 458 g/mol. The Morgan fingerprint density at radius 3 is 2.48 bits per heavy atom. The number of hydrogen-bond donors (Lipinski definition) is 1. The lowest BCUT2D eigenvalue weighted by atomic mass is 9.84. The minimum atomic E-state index is -0.918. The van der Waals surface area contributed by atoms with Gasteiger partial charge in [-0.15, -0.1) is 11.6 Å². The molecule has 162 valence electrons. The summed E-state index contributed by atoms with van der Waals surface area (Å²) in [5.41, 5.74) is 2.67. The molecule has 1 fully saturated rings. The lowest BCUT2D eigenvalue weighted by Gasteiger charge is -2.23. The Labute approximate surface area is 192 Å². The van der Waals surface area contributed by atoms with Gasteiger partial charge in [-0.1, -0.05) is 54.1 Å². The van der Waals surface area contributed by atoms with Crippen molar-refractivity contribution in [2.45, 2.75) is 49.8 Å². The predicted molar refractivity (Wildman–Crippen MR) is 125 cm³/mol. The number of rotatable bonds is 7. The summed E-state index contributed by atoms with van der Waals surface area (Å²) in [7, 11) is 0. The first kappa shape index (κ1) is 22.1. The van der Waals surface area contributed by atoms with Crippen LogP contribution in [0.5, 0.6) is 0 Å². The Bertz CT molecular complexity index is 1100. The zero-order chi connectivity index (χ0) is 22.0. The maximum Gasteiger partial charge on any atom is 0.303 e. The number of aryl methyl sites for hydroxylation is 2. The van der Waals surface area contributed by atoms with Crippen LogP contribution in [0.3, 0.4) is 0 Å². The highest BCUT2D eigenvalue weighted by Gasteiger charge is 2.35. The molecule has 2 nitrogen and oxygen atoms in total. The van der Waals surface area contributed by atoms with Crippen LogP contribution in [0.4, 0.5) is 4.39 Å². The summed E-state index contributed by atoms with van der Waals surface area (Å²) >= 11 is 13.1. The zero-order valence-electron chi connectivity index (χ0n) is 17.2. The number of carboxylic acids is 1. The summed E-state index contributed by atoms with van der Waals surface area (Å²) in [4.78, 5) is 10.8. The van der Waals surface area contributed by atoms with E-state index < -0.39 is 5.97 Å². The van der Waals surface area contributed by atoms with E-state index in [-0.39, 0.29) is 35.9 Å². The Hall–Kier alpha value is -2.10. The van der Waals surface area contributed by atoms with E-state index in [1.54, 1.807) is 12.1 Å². The minimum absolute atomic E-state index is 0.0679. The van der Waals surface area contributed by atoms with Gasteiger partial charge in [0.25, 0.3) is 0 Å². The molecule has 1 saturated carbocycles. The summed E-state index contributed by atoms with van der Waals surface area (Å²) in [6.45, 7) is 0. The third kappa shape index (κ3) is 4.88. The van der Waals surface area contributed by atoms with Gasteiger partial charge in [0.15, 0.2) is 0 Å². The highest BCUT2D eigenvalue weighted by atomic mass is 35.5. The minimum Gasteiger partial charge on any atom is -0.481 e. The highest BCUT2D eigenvalue weighted by molar-refractivity contribution is 6.35. The summed E-state index contributed by atoms with van der Waals surface area (Å²) in [5.74, 6) is -0.761. The first-order valence-corrected chi connectivity index (χ1v) is 11.6. The molecule has 1 N–H and O–H groups in total. The van der Waals surface area contributed by atoms with Crippen LogP contribution in [-0.2, 0) is 17.6 Å². The van der Waals surface area contributed by atoms with Crippen molar-refractivity contribution in [3.63, 3.8) is 0 Å². The molecule has 0 aromatic heterocycles. The number of aliphatic carboxylic acids is 1. The van der Waals surface area contributed by atoms with E-state index in [0.717, 1.165) is 41.7 Å². The third-order valence-corrected chi connectivity index (χ3v) is 7.43. The van der Waals surface area contributed by atoms with Gasteiger partial charge in [-0.2, -0.15) is 0 Å². The van der Waals surface area contributed by atoms with E-state index in [0.29, 0.717) is 5.56 Å². The van der Waals surface area contributed by atoms with Crippen LogP contribution in [0.1, 0.15) is 48.3 Å². The van der Waals surface area contributed by atoms with E-state index in [9.17, 15) is 9.18 Å². The molecule has 4 rings (SSSR count). The third-order valence-electron chi connectivity index (χ3n) is 6.56. The molecule has 1 unspecified atom stereocenters. The van der Waals surface area contributed by atoms with Gasteiger partial charge < -0.3 is 5.11 Å². The smallest absolute Gasteiger partial charge is 0.303 e. The second-order valence-corrected chi connectivity index (χ2v) is 9.37. The van der Waals surface area contributed by atoms with Crippen LogP contribution in [0.25, 0.3) is 10.8 Å². The molecular weight excluding hydrogens is 434 g/mol. The molecule has 5 heteroatoms. The van der Waals surface area contributed by atoms with Crippen LogP contribution < -0.4 is 0 Å². The normalized spacial score (nSPS) is 20.9. The van der Waals surface area contributed by atoms with Gasteiger partial charge in [0.2, 0.25) is 0 Å². The average molecular weight is 459 g/mol. The number of hydrogen-bond acceptors (Lipinski definition) is 1. The number of carboxylic acid groups (broad SMARTS) is 1. The molecule has 31 heavy (non-hydrogen) atoms. The van der Waals surface area contributed by atoms with Crippen LogP contribution >= 0.6 is 23.2 Å². The van der Waals surface area contributed by atoms with E-state index in [1.165, 1.54) is 10.9 Å². The maximum atomic E-state index is 14.6. The molecule has 1 aliphatic carbocycles. The number of halogens is 3. The number of alkyl halides is 1. The fourth-order valence-corrected chi connectivity index (χ4v) is 5.57. The van der Waals surface area contributed by atoms with Crippen molar-refractivity contribution < 1.29 is 14.3 Å². The molecule has 3 atom stereocenters. The largest absolute Gasteiger partial charge is 0.481 e. The van der Waals surface area contributed by atoms with Gasteiger partial charge >= 0.3 is 5.97 Å². The van der Waals surface area contributed by atoms with Crippen LogP contribution in [0.2, 0.25) is 5.02 Å². The SMILES string of the molecule is O=C(O)CCc1ccc([C@H]2CCC(Cl)[C@@H]2CCc2ccc(Cl)c3ccccc23)cc1F. The summed E-state index contributed by atoms with van der Waals surface area (Å²) in [6, 6.07) is 17.5. The van der Waals surface area contributed by atoms with Gasteiger partial charge in [-0.3, -0.25) is 4.79 Å². The predicted octanol–water partition coefficient (Wildman–Crippen LogP) is 7.38. The van der Waals surface area contributed by atoms with Crippen molar-refractivity contribution >= 4 is 39.9 Å². The number of fused-ring (bicyclic) bond motifs is 1. The number of benzene rings is 3. The van der Waals surface area contributed by atoms with Gasteiger partial charge in [-0.05, 0) is 78.1 Å². The summed E-state index contributed by atoms with van der Waals surface area (Å²) < 4.78 is 14.6. The molecule has 0 heterocycles. The van der Waals surface area contributed by atoms with Crippen molar-refractivity contribution in [2.24, 2.45) is 5.92 Å². The molecule has 0 amide bonds. The molecule has 0 radical (unpaired) electrons. The second kappa shape index (κ2) is 9.58. The second-order valence-electron chi connectivity index (χ2n) is 8.40. The Morgan fingerprint density at radius 1 is 1.00 bits per heavy atom. The highest BCUT2D eigenvalue weighted by Crippen LogP contribution is 2.45. The summed E-state index contributed by atoms with van der Waals surface area (Å²) in [5, 5.41) is 11.9. The van der Waals surface area contributed by atoms with Gasteiger partial charge in [0, 0.05) is 22.2 Å². The van der Waals surface area contributed by atoms with Gasteiger partial charge in [0.05, 0.1) is 0 Å². The lowest BCUT2D eigenvalue weighted by Crippen LogP contribution is -2.15. The molecule has 3 aromatic rings. The molecule has 0 bridgehead atoms. The van der Waals surface area contributed by atoms with Gasteiger partial charge in [0.1, 0.15) is 5.82 Å². The molecule has 0 saturated heterocycles. The van der Waals surface area contributed by atoms with Gasteiger partial charge in [-0.25, -0.2) is 4.39 Å². The van der Waals surface area contributed by atoms with E-state index in [1.807, 2.05) is 30.3 Å². The molecule has 0 spiro atoms. The van der Waals surface area contributed by atoms with Crippen LogP contribution in [0, 0.1) is 11.7 Å². The Morgan fingerprint density at radius 2 is 1.74 bits per heavy atom. The van der Waals surface area contributed by atoms with Crippen LogP contribution in [-0.4, -0.2) is 16.5 Å². The van der Waals surface area contributed by atoms with Crippen molar-refractivity contribution in [2.75, 3.05) is 0 Å². The lowest BCUT2D eigenvalue weighted by molar-refractivity contribution is -0.136. The fraction of sp³-hybridized carbons (Fsp3) is 0.346. The molecule has 1 aliphatic rings. The summed E-state index contributed by atoms with van der Waals surface area (Å²) in [6.07, 6.45) is 3.81. The Balaban J connectivity index is 1.52. The first-order chi connectivity index (χ1) is 14.9. The van der Waals surface area contributed by atoms with Crippen LogP contribution in [0.15, 0.2) is 54.6 Å². The topological polar surface area (TPSA) is 37.3 Å². The maximum absolute atomic E-state index is 14.6. The van der Waals surface area contributed by atoms with E-state index in [2.05, 4.69) is 12.1 Å². The fourth-order valence-electron chi connectivity index (χ4n) is 4.92. The van der Waals surface area contributed by atoms with Crippen molar-refractivity contribution in [1.29, 1.82) is 0 Å². The Kier molecular flexibility index (Phi) is 6.83. The quantitative estimate of drug-likeness (QED) is 0.374. The standard InChI is InChI=1S/C26H25Cl2FO2/c27-23-12-8-16(19-3-1-2-4-21(19)23)7-10-22-20(11-13-24(22)28)18-6-5-17(25(29)15-18)9-14-26(30)31/h1-6,8,12,15,20,22,24H,7,9-11,13-14H2,(H,30,31)/t20-,22-,24?/m1/s1. The molecular formula is C26H25Cl2FO2. The molecule has 3 aromatic carbocycles. The van der Waals surface area contributed by atoms with E-state index >= 15 is 0 Å².